The second-order valence-electron chi connectivity index (χ2n) is 13.2. The molecule has 4 aliphatic rings. The maximum Gasteiger partial charge on any atom is 0.264 e. The number of benzene rings is 2. The number of hydrogen-bond acceptors (Lipinski definition) is 7. The molecule has 1 saturated carbocycles. The summed E-state index contributed by atoms with van der Waals surface area (Å²) in [5.41, 5.74) is 3.27. The van der Waals surface area contributed by atoms with Gasteiger partial charge in [0.15, 0.2) is 0 Å². The van der Waals surface area contributed by atoms with Crippen molar-refractivity contribution in [2.75, 3.05) is 38.3 Å². The van der Waals surface area contributed by atoms with Crippen molar-refractivity contribution >= 4 is 33.2 Å². The molecule has 2 bridgehead atoms. The summed E-state index contributed by atoms with van der Waals surface area (Å²) in [6.07, 6.45) is 8.72. The molecule has 0 saturated heterocycles. The lowest BCUT2D eigenvalue weighted by Crippen LogP contribution is -2.49. The molecule has 8 nitrogen and oxygen atoms in total. The Labute approximate surface area is 265 Å². The fourth-order valence-electron chi connectivity index (χ4n) is 7.78. The van der Waals surface area contributed by atoms with Crippen molar-refractivity contribution in [1.29, 1.82) is 0 Å². The zero-order chi connectivity index (χ0) is 31.1. The van der Waals surface area contributed by atoms with Gasteiger partial charge in [0, 0.05) is 42.8 Å². The lowest BCUT2D eigenvalue weighted by Gasteiger charge is -2.45. The molecule has 2 aromatic rings. The Hall–Kier alpha value is -2.59. The quantitative estimate of drug-likeness (QED) is 0.440. The van der Waals surface area contributed by atoms with Gasteiger partial charge in [-0.25, -0.2) is 13.1 Å². The van der Waals surface area contributed by atoms with E-state index in [1.165, 1.54) is 18.2 Å². The number of nitrogens with zero attached hydrogens (tertiary/aromatic N) is 1. The number of allylic oxidation sites excluding steroid dienone is 1. The van der Waals surface area contributed by atoms with Gasteiger partial charge in [0.2, 0.25) is 10.0 Å². The molecule has 0 aromatic heterocycles. The molecule has 1 spiro atoms. The van der Waals surface area contributed by atoms with E-state index in [1.54, 1.807) is 18.2 Å². The van der Waals surface area contributed by atoms with E-state index in [1.807, 2.05) is 25.1 Å². The number of aliphatic hydroxyl groups excluding tert-OH is 1. The van der Waals surface area contributed by atoms with Crippen molar-refractivity contribution in [3.8, 4) is 5.75 Å². The number of carbonyl (C=O) groups is 1. The summed E-state index contributed by atoms with van der Waals surface area (Å²) in [7, 11) is -2.49. The van der Waals surface area contributed by atoms with Gasteiger partial charge in [-0.3, -0.25) is 4.79 Å². The fourth-order valence-corrected chi connectivity index (χ4v) is 9.63. The molecular formula is C34H43ClN2O6S. The molecule has 2 aromatic carbocycles. The van der Waals surface area contributed by atoms with Crippen LogP contribution in [0.25, 0.3) is 0 Å². The molecule has 2 aliphatic carbocycles. The van der Waals surface area contributed by atoms with E-state index in [0.29, 0.717) is 31.9 Å². The SMILES string of the molecule is COCC[C@H]1C(C)C/C=C/[C@H](O)[C@@H]2CC[C@H]2CN2C[C@@]3(CCCc4cc(Cl)ccc43)COc3ccc(cc32)C(=O)NS1(=O)=O. The molecule has 2 aliphatic heterocycles. The number of hydrogen-bond donors (Lipinski definition) is 2. The van der Waals surface area contributed by atoms with Crippen molar-refractivity contribution in [2.24, 2.45) is 17.8 Å². The number of methoxy groups -OCH3 is 1. The number of sulfonamides is 1. The van der Waals surface area contributed by atoms with Gasteiger partial charge in [0.05, 0.1) is 23.6 Å². The molecule has 6 atom stereocenters. The number of aliphatic hydroxyl groups is 1. The summed E-state index contributed by atoms with van der Waals surface area (Å²) in [5, 5.41) is 11.1. The molecule has 2 N–H and O–H groups in total. The Bertz CT molecular complexity index is 1530. The van der Waals surface area contributed by atoms with Gasteiger partial charge < -0.3 is 19.5 Å². The Kier molecular flexibility index (Phi) is 9.03. The number of aryl methyl sites for hydroxylation is 1. The molecule has 2 heterocycles. The smallest absolute Gasteiger partial charge is 0.264 e. The molecule has 6 rings (SSSR count). The van der Waals surface area contributed by atoms with Gasteiger partial charge in [-0.15, -0.1) is 0 Å². The van der Waals surface area contributed by atoms with Crippen LogP contribution in [0.4, 0.5) is 5.69 Å². The summed E-state index contributed by atoms with van der Waals surface area (Å²) in [6, 6.07) is 11.4. The van der Waals surface area contributed by atoms with Gasteiger partial charge in [-0.1, -0.05) is 36.7 Å². The van der Waals surface area contributed by atoms with Crippen molar-refractivity contribution in [3.05, 3.63) is 70.3 Å². The van der Waals surface area contributed by atoms with Gasteiger partial charge >= 0.3 is 0 Å². The van der Waals surface area contributed by atoms with Crippen LogP contribution in [-0.2, 0) is 26.6 Å². The Morgan fingerprint density at radius 1 is 1.20 bits per heavy atom. The first-order valence-corrected chi connectivity index (χ1v) is 17.7. The highest BCUT2D eigenvalue weighted by Crippen LogP contribution is 2.46. The average molecular weight is 643 g/mol. The lowest BCUT2D eigenvalue weighted by atomic mass is 9.68. The highest BCUT2D eigenvalue weighted by atomic mass is 35.5. The first-order valence-electron chi connectivity index (χ1n) is 15.8. The molecule has 1 unspecified atom stereocenters. The van der Waals surface area contributed by atoms with E-state index in [9.17, 15) is 18.3 Å². The summed E-state index contributed by atoms with van der Waals surface area (Å²) >= 11 is 6.40. The standard InChI is InChI=1S/C34H43ClN2O6S/c1-22-5-3-7-30(38)27-11-8-25(27)19-37-20-34(15-4-6-23-17-26(35)10-12-28(23)34)21-43-31-13-9-24(18-29(31)37)33(39)36-44(40,41)32(22)14-16-42-2/h3,7,9-10,12-13,17-18,22,25,27,30,32,38H,4-6,8,11,14-16,19-21H2,1-2H3,(H,36,39)/b7-3+/t22?,25-,27+,30-,32-,34-/m0/s1. The van der Waals surface area contributed by atoms with Crippen LogP contribution in [0.5, 0.6) is 5.75 Å². The fraction of sp³-hybridized carbons (Fsp3) is 0.559. The van der Waals surface area contributed by atoms with E-state index in [0.717, 1.165) is 42.8 Å². The van der Waals surface area contributed by atoms with Crippen molar-refractivity contribution in [2.45, 2.75) is 68.6 Å². The normalized spacial score (nSPS) is 32.3. The molecule has 238 valence electrons. The number of nitrogens with one attached hydrogen (secondary N) is 1. The first-order chi connectivity index (χ1) is 21.1. The van der Waals surface area contributed by atoms with Crippen LogP contribution in [0.1, 0.15) is 66.9 Å². The van der Waals surface area contributed by atoms with E-state index in [4.69, 9.17) is 21.1 Å². The molecule has 44 heavy (non-hydrogen) atoms. The molecule has 10 heteroatoms. The Morgan fingerprint density at radius 2 is 2.05 bits per heavy atom. The molecule has 0 radical (unpaired) electrons. The molecular weight excluding hydrogens is 600 g/mol. The minimum absolute atomic E-state index is 0.106. The average Bonchev–Trinajstić information content (AvgIpc) is 3.11. The lowest BCUT2D eigenvalue weighted by molar-refractivity contribution is 0.0455. The van der Waals surface area contributed by atoms with Crippen LogP contribution in [0.15, 0.2) is 48.6 Å². The monoisotopic (exact) mass is 642 g/mol. The summed E-state index contributed by atoms with van der Waals surface area (Å²) in [4.78, 5) is 15.9. The summed E-state index contributed by atoms with van der Waals surface area (Å²) in [5.74, 6) is 0.105. The molecule has 1 amide bonds. The third kappa shape index (κ3) is 6.13. The van der Waals surface area contributed by atoms with E-state index in [2.05, 4.69) is 21.8 Å². The van der Waals surface area contributed by atoms with Crippen LogP contribution in [0.2, 0.25) is 5.02 Å². The van der Waals surface area contributed by atoms with Crippen LogP contribution >= 0.6 is 11.6 Å². The van der Waals surface area contributed by atoms with Gasteiger partial charge in [0.25, 0.3) is 5.91 Å². The third-order valence-electron chi connectivity index (χ3n) is 10.4. The van der Waals surface area contributed by atoms with Gasteiger partial charge in [-0.05, 0) is 104 Å². The number of amides is 1. The Morgan fingerprint density at radius 3 is 2.82 bits per heavy atom. The number of anilines is 1. The summed E-state index contributed by atoms with van der Waals surface area (Å²) in [6.45, 7) is 3.99. The second-order valence-corrected chi connectivity index (χ2v) is 15.6. The van der Waals surface area contributed by atoms with Crippen LogP contribution < -0.4 is 14.4 Å². The van der Waals surface area contributed by atoms with Crippen molar-refractivity contribution in [1.82, 2.24) is 4.72 Å². The maximum atomic E-state index is 13.6. The predicted molar refractivity (Wildman–Crippen MR) is 172 cm³/mol. The minimum atomic E-state index is -4.02. The molecule has 1 fully saturated rings. The number of ether oxygens (including phenoxy) is 2. The van der Waals surface area contributed by atoms with Gasteiger partial charge in [0.1, 0.15) is 5.75 Å². The summed E-state index contributed by atoms with van der Waals surface area (Å²) < 4.78 is 41.3. The number of rotatable bonds is 3. The number of halogens is 1. The van der Waals surface area contributed by atoms with E-state index >= 15 is 0 Å². The van der Waals surface area contributed by atoms with Crippen LogP contribution in [-0.4, -0.2) is 64.2 Å². The van der Waals surface area contributed by atoms with Crippen LogP contribution in [0, 0.1) is 17.8 Å². The van der Waals surface area contributed by atoms with E-state index in [-0.39, 0.29) is 41.8 Å². The number of carbonyl (C=O) groups excluding carboxylic acids is 1. The highest BCUT2D eigenvalue weighted by Gasteiger charge is 2.44. The second kappa shape index (κ2) is 12.7. The Balaban J connectivity index is 1.41. The van der Waals surface area contributed by atoms with Crippen molar-refractivity contribution in [3.63, 3.8) is 0 Å². The topological polar surface area (TPSA) is 105 Å². The zero-order valence-corrected chi connectivity index (χ0v) is 27.1. The predicted octanol–water partition coefficient (Wildman–Crippen LogP) is 5.26. The van der Waals surface area contributed by atoms with Crippen molar-refractivity contribution < 1.29 is 27.8 Å². The number of fused-ring (bicyclic) bond motifs is 4. The minimum Gasteiger partial charge on any atom is -0.490 e. The van der Waals surface area contributed by atoms with Crippen LogP contribution in [0.3, 0.4) is 0 Å². The third-order valence-corrected chi connectivity index (χ3v) is 12.6. The largest absolute Gasteiger partial charge is 0.490 e. The van der Waals surface area contributed by atoms with Gasteiger partial charge in [-0.2, -0.15) is 0 Å². The highest BCUT2D eigenvalue weighted by molar-refractivity contribution is 7.90. The maximum absolute atomic E-state index is 13.6. The zero-order valence-electron chi connectivity index (χ0n) is 25.5. The van der Waals surface area contributed by atoms with E-state index < -0.39 is 27.3 Å². The first kappa shape index (κ1) is 31.4.